The predicted molar refractivity (Wildman–Crippen MR) is 86.6 cm³/mol. The summed E-state index contributed by atoms with van der Waals surface area (Å²) < 4.78 is 40.8. The summed E-state index contributed by atoms with van der Waals surface area (Å²) in [4.78, 5) is 3.94. The summed E-state index contributed by atoms with van der Waals surface area (Å²) in [5, 5.41) is 11.3. The SMILES string of the molecule is C[C@@H](OC1CCCCO1)C(O)(Cn1ccnc1)c1ccc(F)cc1F. The lowest BCUT2D eigenvalue weighted by Crippen LogP contribution is -2.46. The molecule has 1 aromatic carbocycles. The highest BCUT2D eigenvalue weighted by molar-refractivity contribution is 5.26. The summed E-state index contributed by atoms with van der Waals surface area (Å²) in [5.41, 5.74) is -1.73. The highest BCUT2D eigenvalue weighted by Crippen LogP contribution is 2.33. The number of hydrogen-bond acceptors (Lipinski definition) is 4. The van der Waals surface area contributed by atoms with Gasteiger partial charge in [0.05, 0.1) is 19.0 Å². The Labute approximate surface area is 145 Å². The second-order valence-corrected chi connectivity index (χ2v) is 6.36. The maximum absolute atomic E-state index is 14.4. The third-order valence-electron chi connectivity index (χ3n) is 4.55. The van der Waals surface area contributed by atoms with Gasteiger partial charge in [-0.3, -0.25) is 0 Å². The first-order valence-corrected chi connectivity index (χ1v) is 8.40. The zero-order valence-corrected chi connectivity index (χ0v) is 14.1. The number of aromatic nitrogens is 2. The third-order valence-corrected chi connectivity index (χ3v) is 4.55. The van der Waals surface area contributed by atoms with E-state index in [-0.39, 0.29) is 12.1 Å². The van der Waals surface area contributed by atoms with Crippen molar-refractivity contribution in [2.75, 3.05) is 6.61 Å². The molecule has 0 amide bonds. The van der Waals surface area contributed by atoms with Gasteiger partial charge in [0.25, 0.3) is 0 Å². The zero-order valence-electron chi connectivity index (χ0n) is 14.1. The molecular weight excluding hydrogens is 330 g/mol. The van der Waals surface area contributed by atoms with Crippen LogP contribution in [0.4, 0.5) is 8.78 Å². The van der Waals surface area contributed by atoms with E-state index in [4.69, 9.17) is 9.47 Å². The lowest BCUT2D eigenvalue weighted by atomic mass is 9.87. The van der Waals surface area contributed by atoms with Gasteiger partial charge in [-0.15, -0.1) is 0 Å². The number of benzene rings is 1. The first-order valence-electron chi connectivity index (χ1n) is 8.40. The molecule has 0 spiro atoms. The maximum Gasteiger partial charge on any atom is 0.158 e. The topological polar surface area (TPSA) is 56.5 Å². The molecule has 1 fully saturated rings. The van der Waals surface area contributed by atoms with E-state index in [1.807, 2.05) is 0 Å². The molecule has 0 radical (unpaired) electrons. The molecule has 1 N–H and O–H groups in total. The van der Waals surface area contributed by atoms with Gasteiger partial charge in [0.1, 0.15) is 17.2 Å². The van der Waals surface area contributed by atoms with Crippen LogP contribution in [0.15, 0.2) is 36.9 Å². The van der Waals surface area contributed by atoms with Crippen LogP contribution >= 0.6 is 0 Å². The summed E-state index contributed by atoms with van der Waals surface area (Å²) in [6.07, 6.45) is 6.20. The smallest absolute Gasteiger partial charge is 0.158 e. The van der Waals surface area contributed by atoms with E-state index in [0.29, 0.717) is 6.61 Å². The Kier molecular flexibility index (Phi) is 5.46. The Hall–Kier alpha value is -1.83. The average molecular weight is 352 g/mol. The lowest BCUT2D eigenvalue weighted by molar-refractivity contribution is -0.229. The molecule has 3 atom stereocenters. The summed E-state index contributed by atoms with van der Waals surface area (Å²) >= 11 is 0. The van der Waals surface area contributed by atoms with Gasteiger partial charge < -0.3 is 19.1 Å². The van der Waals surface area contributed by atoms with E-state index in [1.54, 1.807) is 23.9 Å². The van der Waals surface area contributed by atoms with Gasteiger partial charge in [-0.1, -0.05) is 6.07 Å². The minimum absolute atomic E-state index is 0.0173. The number of nitrogens with zero attached hydrogens (tertiary/aromatic N) is 2. The van der Waals surface area contributed by atoms with Crippen molar-refractivity contribution in [3.05, 3.63) is 54.1 Å². The molecule has 1 aliphatic heterocycles. The van der Waals surface area contributed by atoms with Crippen molar-refractivity contribution in [3.8, 4) is 0 Å². The summed E-state index contributed by atoms with van der Waals surface area (Å²) in [7, 11) is 0. The zero-order chi connectivity index (χ0) is 17.9. The fourth-order valence-corrected chi connectivity index (χ4v) is 3.09. The van der Waals surface area contributed by atoms with Crippen LogP contribution < -0.4 is 0 Å². The Morgan fingerprint density at radius 3 is 2.92 bits per heavy atom. The van der Waals surface area contributed by atoms with E-state index in [2.05, 4.69) is 4.98 Å². The normalized spacial score (nSPS) is 21.7. The predicted octanol–water partition coefficient (Wildman–Crippen LogP) is 2.98. The second-order valence-electron chi connectivity index (χ2n) is 6.36. The number of ether oxygens (including phenoxy) is 2. The van der Waals surface area contributed by atoms with Crippen molar-refractivity contribution in [2.24, 2.45) is 0 Å². The molecule has 1 aliphatic rings. The molecule has 5 nitrogen and oxygen atoms in total. The van der Waals surface area contributed by atoms with Crippen LogP contribution in [0.3, 0.4) is 0 Å². The number of aliphatic hydroxyl groups is 1. The Bertz CT molecular complexity index is 690. The molecule has 1 saturated heterocycles. The fraction of sp³-hybridized carbons (Fsp3) is 0.500. The van der Waals surface area contributed by atoms with Crippen LogP contribution in [0.5, 0.6) is 0 Å². The highest BCUT2D eigenvalue weighted by atomic mass is 19.1. The van der Waals surface area contributed by atoms with Gasteiger partial charge >= 0.3 is 0 Å². The maximum atomic E-state index is 14.4. The third kappa shape index (κ3) is 4.05. The molecular formula is C18H22F2N2O3. The lowest BCUT2D eigenvalue weighted by Gasteiger charge is -2.37. The fourth-order valence-electron chi connectivity index (χ4n) is 3.09. The van der Waals surface area contributed by atoms with Crippen LogP contribution in [-0.2, 0) is 21.6 Å². The van der Waals surface area contributed by atoms with Gasteiger partial charge in [0.2, 0.25) is 0 Å². The highest BCUT2D eigenvalue weighted by Gasteiger charge is 2.41. The van der Waals surface area contributed by atoms with Gasteiger partial charge in [0.15, 0.2) is 6.29 Å². The molecule has 0 saturated carbocycles. The quantitative estimate of drug-likeness (QED) is 0.868. The Balaban J connectivity index is 1.89. The average Bonchev–Trinajstić information content (AvgIpc) is 3.08. The number of rotatable bonds is 6. The van der Waals surface area contributed by atoms with E-state index in [1.165, 1.54) is 12.4 Å². The van der Waals surface area contributed by atoms with Crippen molar-refractivity contribution in [1.29, 1.82) is 0 Å². The molecule has 3 rings (SSSR count). The largest absolute Gasteiger partial charge is 0.380 e. The Morgan fingerprint density at radius 2 is 2.28 bits per heavy atom. The summed E-state index contributed by atoms with van der Waals surface area (Å²) in [5.74, 6) is -1.52. The minimum Gasteiger partial charge on any atom is -0.380 e. The first kappa shape index (κ1) is 18.0. The Morgan fingerprint density at radius 1 is 1.44 bits per heavy atom. The van der Waals surface area contributed by atoms with Crippen molar-refractivity contribution in [3.63, 3.8) is 0 Å². The van der Waals surface area contributed by atoms with Gasteiger partial charge in [0, 0.05) is 30.6 Å². The molecule has 136 valence electrons. The monoisotopic (exact) mass is 352 g/mol. The van der Waals surface area contributed by atoms with E-state index in [9.17, 15) is 13.9 Å². The van der Waals surface area contributed by atoms with Crippen molar-refractivity contribution in [2.45, 2.75) is 50.7 Å². The van der Waals surface area contributed by atoms with Crippen molar-refractivity contribution in [1.82, 2.24) is 9.55 Å². The number of hydrogen-bond donors (Lipinski definition) is 1. The molecule has 2 heterocycles. The van der Waals surface area contributed by atoms with Crippen LogP contribution in [0.25, 0.3) is 0 Å². The molecule has 25 heavy (non-hydrogen) atoms. The first-order chi connectivity index (χ1) is 12.0. The standard InChI is InChI=1S/C18H22F2N2O3/c1-13(25-17-4-2-3-9-24-17)18(23,11-22-8-7-21-12-22)15-6-5-14(19)10-16(15)20/h5-8,10,12-13,17,23H,2-4,9,11H2,1H3/t13-,17?,18?/m1/s1. The van der Waals surface area contributed by atoms with Crippen molar-refractivity contribution >= 4 is 0 Å². The van der Waals surface area contributed by atoms with Gasteiger partial charge in [-0.2, -0.15) is 0 Å². The summed E-state index contributed by atoms with van der Waals surface area (Å²) in [6, 6.07) is 3.14. The van der Waals surface area contributed by atoms with Crippen molar-refractivity contribution < 1.29 is 23.4 Å². The molecule has 1 aromatic heterocycles. The molecule has 2 unspecified atom stereocenters. The number of imidazole rings is 1. The summed E-state index contributed by atoms with van der Waals surface area (Å²) in [6.45, 7) is 2.28. The molecule has 2 aromatic rings. The molecule has 0 bridgehead atoms. The molecule has 0 aliphatic carbocycles. The minimum atomic E-state index is -1.71. The van der Waals surface area contributed by atoms with Crippen LogP contribution in [-0.4, -0.2) is 33.7 Å². The van der Waals surface area contributed by atoms with Crippen LogP contribution in [0.1, 0.15) is 31.7 Å². The van der Waals surface area contributed by atoms with Crippen LogP contribution in [0, 0.1) is 11.6 Å². The van der Waals surface area contributed by atoms with Gasteiger partial charge in [-0.05, 0) is 32.3 Å². The molecule has 7 heteroatoms. The van der Waals surface area contributed by atoms with E-state index < -0.39 is 29.6 Å². The van der Waals surface area contributed by atoms with Gasteiger partial charge in [-0.25, -0.2) is 13.8 Å². The van der Waals surface area contributed by atoms with E-state index >= 15 is 0 Å². The van der Waals surface area contributed by atoms with E-state index in [0.717, 1.165) is 31.4 Å². The van der Waals surface area contributed by atoms with Crippen LogP contribution in [0.2, 0.25) is 0 Å². The number of halogens is 2. The second kappa shape index (κ2) is 7.59.